The van der Waals surface area contributed by atoms with E-state index in [1.807, 2.05) is 71.0 Å². The number of fused-ring (bicyclic) bond motifs is 6. The Balaban J connectivity index is 1.45. The van der Waals surface area contributed by atoms with Crippen LogP contribution in [0.3, 0.4) is 0 Å². The number of benzene rings is 2. The molecule has 4 heterocycles. The van der Waals surface area contributed by atoms with Crippen LogP contribution in [-0.4, -0.2) is 119 Å². The smallest absolute Gasteiger partial charge is 0.345 e. The number of cyclic esters (lactones) is 1. The lowest BCUT2D eigenvalue weighted by Gasteiger charge is -2.37. The zero-order chi connectivity index (χ0) is 49.6. The molecule has 0 spiro atoms. The fourth-order valence-electron chi connectivity index (χ4n) is 9.91. The predicted molar refractivity (Wildman–Crippen MR) is 259 cm³/mol. The van der Waals surface area contributed by atoms with Crippen LogP contribution in [-0.2, 0) is 52.8 Å². The van der Waals surface area contributed by atoms with Crippen molar-refractivity contribution < 1.29 is 42.2 Å². The highest BCUT2D eigenvalue weighted by Gasteiger charge is 2.40. The highest BCUT2D eigenvalue weighted by Crippen LogP contribution is 2.40. The van der Waals surface area contributed by atoms with Crippen LogP contribution in [0, 0.1) is 17.3 Å². The zero-order valence-corrected chi connectivity index (χ0v) is 40.6. The van der Waals surface area contributed by atoms with Gasteiger partial charge in [-0.15, -0.1) is 0 Å². The van der Waals surface area contributed by atoms with Gasteiger partial charge in [-0.05, 0) is 92.8 Å². The van der Waals surface area contributed by atoms with Crippen molar-refractivity contribution in [2.45, 2.75) is 118 Å². The van der Waals surface area contributed by atoms with Crippen LogP contribution >= 0.6 is 0 Å². The van der Waals surface area contributed by atoms with Crippen LogP contribution < -0.4 is 10.7 Å². The van der Waals surface area contributed by atoms with Gasteiger partial charge in [-0.3, -0.25) is 34.0 Å². The number of nitrogens with one attached hydrogen (secondary N) is 2. The standard InChI is InChI=1S/C52H67F2N7O7/c1-11-37(44(55-13-3)32(7)68-51(53)54)46-39-28-52(8,9)30-67-50(66)40-19-16-23-61(57-40)49(65)41(26-33-17-15-18-34(25-33)35-20-21-42(38(39)27-35)60(46)14-4)56-47(63)45(31(5)6)58(10)48(64)36-22-24-59(29-36)43(62)12-2/h11-13,15,17-18,20-21,25,27,31-32,36,40-41,45,51,57H,1-2,14,16,19,22-24,26,28-30H2,3-10H3,(H,56,63)/b44-37+,55-13?/t32-,36?,40-,41-,45-/m0/s1. The molecule has 1 unspecified atom stereocenters. The second-order valence-corrected chi connectivity index (χ2v) is 19.1. The first-order valence-corrected chi connectivity index (χ1v) is 23.6. The number of aryl methyl sites for hydroxylation is 1. The number of aromatic nitrogens is 1. The molecule has 0 aliphatic carbocycles. The lowest BCUT2D eigenvalue weighted by Crippen LogP contribution is -2.62. The minimum absolute atomic E-state index is 0.0148. The molecular weight excluding hydrogens is 873 g/mol. The van der Waals surface area contributed by atoms with E-state index in [0.717, 1.165) is 38.9 Å². The minimum atomic E-state index is -3.03. The maximum absolute atomic E-state index is 14.7. The number of rotatable bonds is 13. The van der Waals surface area contributed by atoms with Crippen LogP contribution in [0.4, 0.5) is 8.78 Å². The van der Waals surface area contributed by atoms with Crippen LogP contribution in [0.2, 0.25) is 0 Å². The van der Waals surface area contributed by atoms with Crippen LogP contribution in [0.1, 0.15) is 84.5 Å². The van der Waals surface area contributed by atoms with Crippen molar-refractivity contribution in [3.05, 3.63) is 90.3 Å². The summed E-state index contributed by atoms with van der Waals surface area (Å²) in [6.45, 7) is 19.0. The number of carbonyl (C=O) groups is 5. The maximum Gasteiger partial charge on any atom is 0.345 e. The lowest BCUT2D eigenvalue weighted by molar-refractivity contribution is -0.155. The van der Waals surface area contributed by atoms with Crippen molar-refractivity contribution in [3.63, 3.8) is 0 Å². The number of aliphatic imine (C=N–C) groups is 1. The largest absolute Gasteiger partial charge is 0.464 e. The number of likely N-dealkylation sites (tertiary alicyclic amines) is 1. The Labute approximate surface area is 398 Å². The van der Waals surface area contributed by atoms with Crippen molar-refractivity contribution in [1.82, 2.24) is 30.1 Å². The molecular formula is C52H67F2N7O7. The quantitative estimate of drug-likeness (QED) is 0.0796. The number of hydrogen-bond donors (Lipinski definition) is 2. The van der Waals surface area contributed by atoms with Crippen molar-refractivity contribution in [1.29, 1.82) is 0 Å². The van der Waals surface area contributed by atoms with Gasteiger partial charge in [0, 0.05) is 67.8 Å². The Hall–Kier alpha value is -6.00. The summed E-state index contributed by atoms with van der Waals surface area (Å²) in [4.78, 5) is 76.9. The Morgan fingerprint density at radius 2 is 1.79 bits per heavy atom. The van der Waals surface area contributed by atoms with Crippen LogP contribution in [0.5, 0.6) is 0 Å². The molecule has 6 bridgehead atoms. The van der Waals surface area contributed by atoms with E-state index in [0.29, 0.717) is 44.3 Å². The molecule has 5 atom stereocenters. The third-order valence-corrected chi connectivity index (χ3v) is 13.2. The van der Waals surface area contributed by atoms with E-state index in [1.54, 1.807) is 31.2 Å². The molecule has 1 aromatic heterocycles. The molecule has 68 heavy (non-hydrogen) atoms. The molecule has 6 rings (SSSR count). The van der Waals surface area contributed by atoms with E-state index in [2.05, 4.69) is 39.5 Å². The number of likely N-dealkylation sites (N-methyl/N-ethyl adjacent to an activating group) is 1. The third-order valence-electron chi connectivity index (χ3n) is 13.2. The second-order valence-electron chi connectivity index (χ2n) is 19.1. The van der Waals surface area contributed by atoms with Gasteiger partial charge in [0.05, 0.1) is 23.9 Å². The van der Waals surface area contributed by atoms with Crippen molar-refractivity contribution in [2.24, 2.45) is 22.2 Å². The van der Waals surface area contributed by atoms with E-state index in [1.165, 1.54) is 22.9 Å². The third kappa shape index (κ3) is 11.3. The van der Waals surface area contributed by atoms with E-state index in [9.17, 15) is 32.8 Å². The zero-order valence-electron chi connectivity index (χ0n) is 40.6. The topological polar surface area (TPSA) is 155 Å². The molecule has 366 valence electrons. The van der Waals surface area contributed by atoms with Gasteiger partial charge in [0.2, 0.25) is 17.7 Å². The molecule has 0 radical (unpaired) electrons. The summed E-state index contributed by atoms with van der Waals surface area (Å²) in [6.07, 6.45) is 5.15. The fraction of sp³-hybridized carbons (Fsp3) is 0.500. The van der Waals surface area contributed by atoms with Crippen molar-refractivity contribution in [2.75, 3.05) is 33.3 Å². The number of hydrogen-bond acceptors (Lipinski definition) is 9. The number of halogens is 2. The number of alkyl halides is 2. The van der Waals surface area contributed by atoms with Crippen LogP contribution in [0.15, 0.2) is 78.5 Å². The number of hydrazine groups is 1. The Bertz CT molecular complexity index is 2480. The van der Waals surface area contributed by atoms with Gasteiger partial charge < -0.3 is 29.2 Å². The summed E-state index contributed by atoms with van der Waals surface area (Å²) in [5.74, 6) is -2.85. The molecule has 16 heteroatoms. The first-order chi connectivity index (χ1) is 32.3. The van der Waals surface area contributed by atoms with Crippen molar-refractivity contribution in [3.8, 4) is 11.1 Å². The molecule has 2 saturated heterocycles. The first kappa shape index (κ1) is 51.4. The number of allylic oxidation sites excluding steroid dienone is 2. The average Bonchev–Trinajstić information content (AvgIpc) is 3.92. The van der Waals surface area contributed by atoms with E-state index in [-0.39, 0.29) is 49.5 Å². The SMILES string of the molecule is C=CC(=O)N1CCC(C(=O)N(C)[C@H](C(=O)N[C@H]2Cc3cccc(c3)-c3ccc4c(c3)c(c(/C(C=C)=C(/N=CC)[C@H](C)OC(F)F)n4CC)CC(C)(C)COC(=O)[C@@H]3CCCN(N3)C2=O)C(C)C)C1. The summed E-state index contributed by atoms with van der Waals surface area (Å²) in [6, 6.07) is 11.0. The molecule has 3 aliphatic rings. The summed E-state index contributed by atoms with van der Waals surface area (Å²) >= 11 is 0. The molecule has 2 N–H and O–H groups in total. The number of ether oxygens (including phenoxy) is 2. The summed E-state index contributed by atoms with van der Waals surface area (Å²) < 4.78 is 40.6. The summed E-state index contributed by atoms with van der Waals surface area (Å²) in [5.41, 5.74) is 8.25. The second kappa shape index (κ2) is 22.0. The van der Waals surface area contributed by atoms with Gasteiger partial charge in [0.15, 0.2) is 0 Å². The number of esters is 1. The number of nitrogens with zero attached hydrogens (tertiary/aromatic N) is 5. The lowest BCUT2D eigenvalue weighted by atomic mass is 9.84. The first-order valence-electron chi connectivity index (χ1n) is 23.6. The molecule has 2 fully saturated rings. The molecule has 2 aromatic carbocycles. The normalized spacial score (nSPS) is 21.3. The minimum Gasteiger partial charge on any atom is -0.464 e. The molecule has 0 saturated carbocycles. The molecule has 3 aromatic rings. The number of carbonyl (C=O) groups excluding carboxylic acids is 5. The average molecular weight is 940 g/mol. The van der Waals surface area contributed by atoms with Crippen molar-refractivity contribution >= 4 is 52.3 Å². The van der Waals surface area contributed by atoms with Gasteiger partial charge >= 0.3 is 12.6 Å². The van der Waals surface area contributed by atoms with Gasteiger partial charge in [0.1, 0.15) is 24.2 Å². The van der Waals surface area contributed by atoms with Gasteiger partial charge in [-0.1, -0.05) is 77.3 Å². The van der Waals surface area contributed by atoms with E-state index in [4.69, 9.17) is 9.47 Å². The maximum atomic E-state index is 14.7. The highest BCUT2D eigenvalue weighted by atomic mass is 19.3. The Morgan fingerprint density at radius 3 is 2.46 bits per heavy atom. The summed E-state index contributed by atoms with van der Waals surface area (Å²) in [7, 11) is 1.58. The molecule has 4 amide bonds. The Morgan fingerprint density at radius 1 is 1.06 bits per heavy atom. The monoisotopic (exact) mass is 940 g/mol. The fourth-order valence-corrected chi connectivity index (χ4v) is 9.91. The molecule has 14 nitrogen and oxygen atoms in total. The Kier molecular flexibility index (Phi) is 16.6. The predicted octanol–water partition coefficient (Wildman–Crippen LogP) is 7.11. The van der Waals surface area contributed by atoms with E-state index >= 15 is 0 Å². The molecule has 3 aliphatic heterocycles. The van der Waals surface area contributed by atoms with Gasteiger partial charge in [0.25, 0.3) is 5.91 Å². The highest BCUT2D eigenvalue weighted by molar-refractivity contribution is 5.96. The van der Waals surface area contributed by atoms with Gasteiger partial charge in [-0.2, -0.15) is 8.78 Å². The van der Waals surface area contributed by atoms with Gasteiger partial charge in [-0.25, -0.2) is 5.43 Å². The summed E-state index contributed by atoms with van der Waals surface area (Å²) in [5, 5.41) is 5.31. The van der Waals surface area contributed by atoms with Crippen LogP contribution in [0.25, 0.3) is 27.6 Å². The van der Waals surface area contributed by atoms with E-state index < -0.39 is 60.0 Å². The number of amides is 4.